The van der Waals surface area contributed by atoms with Gasteiger partial charge in [-0.05, 0) is 57.3 Å². The summed E-state index contributed by atoms with van der Waals surface area (Å²) in [6.07, 6.45) is 1.17. The molecule has 0 saturated carbocycles. The maximum atomic E-state index is 10.8. The molecule has 16 heavy (non-hydrogen) atoms. The first-order valence-corrected chi connectivity index (χ1v) is 6.12. The summed E-state index contributed by atoms with van der Waals surface area (Å²) in [4.78, 5) is 10.2. The Labute approximate surface area is 109 Å². The minimum atomic E-state index is -0.615. The van der Waals surface area contributed by atoms with Crippen molar-refractivity contribution in [2.75, 3.05) is 6.54 Å². The second-order valence-electron chi connectivity index (χ2n) is 3.18. The quantitative estimate of drug-likeness (QED) is 0.643. The zero-order chi connectivity index (χ0) is 12.3. The lowest BCUT2D eigenvalue weighted by atomic mass is 10.1. The van der Waals surface area contributed by atoms with Crippen LogP contribution in [0.5, 0.6) is 5.75 Å². The van der Waals surface area contributed by atoms with Gasteiger partial charge in [-0.2, -0.15) is 0 Å². The van der Waals surface area contributed by atoms with Gasteiger partial charge in [0.15, 0.2) is 5.75 Å². The van der Waals surface area contributed by atoms with Crippen molar-refractivity contribution >= 4 is 37.5 Å². The Kier molecular flexibility index (Phi) is 4.69. The SMILES string of the molecule is NCCCc1cc(Br)c(Br)c([N+](=O)[O-])c1O. The Morgan fingerprint density at radius 1 is 1.50 bits per heavy atom. The molecule has 1 aromatic carbocycles. The summed E-state index contributed by atoms with van der Waals surface area (Å²) in [5, 5.41) is 20.5. The van der Waals surface area contributed by atoms with Crippen molar-refractivity contribution in [1.82, 2.24) is 0 Å². The van der Waals surface area contributed by atoms with Crippen LogP contribution in [0.3, 0.4) is 0 Å². The number of aryl methyl sites for hydroxylation is 1. The van der Waals surface area contributed by atoms with E-state index in [1.165, 1.54) is 0 Å². The van der Waals surface area contributed by atoms with Crippen LogP contribution in [0.25, 0.3) is 0 Å². The number of hydrogen-bond acceptors (Lipinski definition) is 4. The Bertz CT molecular complexity index is 424. The van der Waals surface area contributed by atoms with Crippen LogP contribution >= 0.6 is 31.9 Å². The lowest BCUT2D eigenvalue weighted by molar-refractivity contribution is -0.386. The number of nitrogens with zero attached hydrogens (tertiary/aromatic N) is 1. The minimum Gasteiger partial charge on any atom is -0.502 e. The van der Waals surface area contributed by atoms with Crippen LogP contribution in [0.15, 0.2) is 15.0 Å². The second-order valence-corrected chi connectivity index (χ2v) is 4.83. The lowest BCUT2D eigenvalue weighted by Gasteiger charge is -2.07. The summed E-state index contributed by atoms with van der Waals surface area (Å²) in [5.41, 5.74) is 5.56. The van der Waals surface area contributed by atoms with E-state index in [2.05, 4.69) is 31.9 Å². The molecule has 0 spiro atoms. The van der Waals surface area contributed by atoms with Crippen molar-refractivity contribution in [2.24, 2.45) is 5.73 Å². The summed E-state index contributed by atoms with van der Waals surface area (Å²) >= 11 is 6.26. The zero-order valence-electron chi connectivity index (χ0n) is 8.24. The molecule has 0 amide bonds. The average Bonchev–Trinajstić information content (AvgIpc) is 2.21. The molecule has 1 aromatic rings. The molecule has 5 nitrogen and oxygen atoms in total. The van der Waals surface area contributed by atoms with Crippen LogP contribution in [0.2, 0.25) is 0 Å². The number of benzene rings is 1. The second kappa shape index (κ2) is 5.60. The van der Waals surface area contributed by atoms with E-state index in [4.69, 9.17) is 5.73 Å². The molecular formula is C9H10Br2N2O3. The summed E-state index contributed by atoms with van der Waals surface area (Å²) in [6, 6.07) is 1.65. The summed E-state index contributed by atoms with van der Waals surface area (Å²) < 4.78 is 0.788. The van der Waals surface area contributed by atoms with Crippen LogP contribution in [0, 0.1) is 10.1 Å². The normalized spacial score (nSPS) is 10.4. The fourth-order valence-electron chi connectivity index (χ4n) is 1.30. The van der Waals surface area contributed by atoms with E-state index in [0.29, 0.717) is 29.4 Å². The van der Waals surface area contributed by atoms with Crippen LogP contribution in [-0.2, 0) is 6.42 Å². The van der Waals surface area contributed by atoms with E-state index in [1.807, 2.05) is 0 Å². The summed E-state index contributed by atoms with van der Waals surface area (Å²) in [6.45, 7) is 0.473. The van der Waals surface area contributed by atoms with Crippen molar-refractivity contribution in [3.05, 3.63) is 30.7 Å². The molecule has 0 radical (unpaired) electrons. The highest BCUT2D eigenvalue weighted by Gasteiger charge is 2.24. The third kappa shape index (κ3) is 2.72. The average molecular weight is 354 g/mol. The van der Waals surface area contributed by atoms with Gasteiger partial charge in [0.05, 0.1) is 4.92 Å². The molecule has 0 aromatic heterocycles. The maximum absolute atomic E-state index is 10.8. The van der Waals surface area contributed by atoms with Gasteiger partial charge in [0, 0.05) is 10.0 Å². The van der Waals surface area contributed by atoms with Crippen molar-refractivity contribution in [3.63, 3.8) is 0 Å². The van der Waals surface area contributed by atoms with Crippen LogP contribution < -0.4 is 5.73 Å². The first-order chi connectivity index (χ1) is 7.49. The smallest absolute Gasteiger partial charge is 0.326 e. The van der Waals surface area contributed by atoms with Gasteiger partial charge in [-0.25, -0.2) is 0 Å². The van der Waals surface area contributed by atoms with Gasteiger partial charge in [-0.15, -0.1) is 0 Å². The van der Waals surface area contributed by atoms with Crippen LogP contribution in [0.1, 0.15) is 12.0 Å². The first-order valence-electron chi connectivity index (χ1n) is 4.53. The van der Waals surface area contributed by atoms with Crippen molar-refractivity contribution < 1.29 is 10.0 Å². The molecule has 0 atom stereocenters. The number of hydrogen-bond donors (Lipinski definition) is 2. The maximum Gasteiger partial charge on any atom is 0.326 e. The number of halogens is 2. The van der Waals surface area contributed by atoms with Crippen molar-refractivity contribution in [3.8, 4) is 5.75 Å². The van der Waals surface area contributed by atoms with Gasteiger partial charge in [0.1, 0.15) is 4.47 Å². The Hall–Kier alpha value is -0.660. The predicted octanol–water partition coefficient (Wildman–Crippen LogP) is 2.72. The third-order valence-corrected chi connectivity index (χ3v) is 4.04. The molecule has 7 heteroatoms. The molecule has 0 aliphatic heterocycles. The Morgan fingerprint density at radius 3 is 2.62 bits per heavy atom. The van der Waals surface area contributed by atoms with Gasteiger partial charge in [0.2, 0.25) is 0 Å². The minimum absolute atomic E-state index is 0.242. The molecule has 0 heterocycles. The highest BCUT2D eigenvalue weighted by Crippen LogP contribution is 2.42. The van der Waals surface area contributed by atoms with Gasteiger partial charge in [0.25, 0.3) is 0 Å². The van der Waals surface area contributed by atoms with Crippen LogP contribution in [0.4, 0.5) is 5.69 Å². The number of nitrogens with two attached hydrogens (primary N) is 1. The number of nitro groups is 1. The van der Waals surface area contributed by atoms with Gasteiger partial charge >= 0.3 is 5.69 Å². The van der Waals surface area contributed by atoms with E-state index in [0.717, 1.165) is 0 Å². The monoisotopic (exact) mass is 352 g/mol. The molecule has 0 bridgehead atoms. The highest BCUT2D eigenvalue weighted by atomic mass is 79.9. The predicted molar refractivity (Wildman–Crippen MR) is 67.5 cm³/mol. The fourth-order valence-corrected chi connectivity index (χ4v) is 2.21. The molecule has 3 N–H and O–H groups in total. The molecule has 0 fully saturated rings. The topological polar surface area (TPSA) is 89.4 Å². The Morgan fingerprint density at radius 2 is 2.12 bits per heavy atom. The fraction of sp³-hybridized carbons (Fsp3) is 0.333. The van der Waals surface area contributed by atoms with Crippen molar-refractivity contribution in [2.45, 2.75) is 12.8 Å². The van der Waals surface area contributed by atoms with Crippen LogP contribution in [-0.4, -0.2) is 16.6 Å². The zero-order valence-corrected chi connectivity index (χ0v) is 11.4. The lowest BCUT2D eigenvalue weighted by Crippen LogP contribution is -2.01. The number of rotatable bonds is 4. The number of aromatic hydroxyl groups is 1. The standard InChI is InChI=1S/C9H10Br2N2O3/c10-6-4-5(2-1-3-12)9(14)8(7(6)11)13(15)16/h4,14H,1-3,12H2. The molecule has 88 valence electrons. The first kappa shape index (κ1) is 13.4. The molecule has 0 aliphatic rings. The van der Waals surface area contributed by atoms with E-state index < -0.39 is 4.92 Å². The molecule has 0 unspecified atom stereocenters. The Balaban J connectivity index is 3.27. The number of nitro benzene ring substituents is 1. The molecule has 1 rings (SSSR count). The summed E-state index contributed by atoms with van der Waals surface area (Å²) in [7, 11) is 0. The van der Waals surface area contributed by atoms with Gasteiger partial charge < -0.3 is 10.8 Å². The summed E-state index contributed by atoms with van der Waals surface area (Å²) in [5.74, 6) is -0.298. The van der Waals surface area contributed by atoms with E-state index in [-0.39, 0.29) is 15.9 Å². The molecular weight excluding hydrogens is 344 g/mol. The van der Waals surface area contributed by atoms with E-state index in [9.17, 15) is 15.2 Å². The number of phenols is 1. The van der Waals surface area contributed by atoms with E-state index in [1.54, 1.807) is 6.07 Å². The van der Waals surface area contributed by atoms with Gasteiger partial charge in [-0.1, -0.05) is 0 Å². The van der Waals surface area contributed by atoms with Crippen molar-refractivity contribution in [1.29, 1.82) is 0 Å². The largest absolute Gasteiger partial charge is 0.502 e. The highest BCUT2D eigenvalue weighted by molar-refractivity contribution is 9.13. The van der Waals surface area contributed by atoms with E-state index >= 15 is 0 Å². The van der Waals surface area contributed by atoms with Gasteiger partial charge in [-0.3, -0.25) is 10.1 Å². The molecule has 0 aliphatic carbocycles. The number of phenolic OH excluding ortho intramolecular Hbond substituents is 1. The molecule has 0 saturated heterocycles. The third-order valence-electron chi connectivity index (χ3n) is 2.08.